The van der Waals surface area contributed by atoms with E-state index in [1.807, 2.05) is 18.2 Å². The molecule has 0 aromatic heterocycles. The summed E-state index contributed by atoms with van der Waals surface area (Å²) in [4.78, 5) is 41.3. The van der Waals surface area contributed by atoms with E-state index >= 15 is 0 Å². The lowest BCUT2D eigenvalue weighted by atomic mass is 9.79. The lowest BCUT2D eigenvalue weighted by Gasteiger charge is -2.47. The zero-order valence-electron chi connectivity index (χ0n) is 18.6. The van der Waals surface area contributed by atoms with Crippen LogP contribution in [-0.2, 0) is 9.59 Å². The van der Waals surface area contributed by atoms with Crippen LogP contribution >= 0.6 is 11.6 Å². The molecule has 166 valence electrons. The zero-order chi connectivity index (χ0) is 23.2. The third kappa shape index (κ3) is 3.79. The molecule has 2 aromatic rings. The van der Waals surface area contributed by atoms with E-state index in [2.05, 4.69) is 37.9 Å². The van der Waals surface area contributed by atoms with Crippen LogP contribution in [0.3, 0.4) is 0 Å². The van der Waals surface area contributed by atoms with Crippen LogP contribution in [0, 0.1) is 0 Å². The van der Waals surface area contributed by atoms with Gasteiger partial charge in [0.1, 0.15) is 5.57 Å². The Hall–Kier alpha value is -3.12. The molecule has 32 heavy (non-hydrogen) atoms. The lowest BCUT2D eigenvalue weighted by molar-refractivity contribution is -0.122. The molecule has 2 aromatic carbocycles. The number of amides is 4. The highest BCUT2D eigenvalue weighted by molar-refractivity contribution is 6.39. The molecule has 4 amide bonds. The van der Waals surface area contributed by atoms with E-state index in [0.29, 0.717) is 16.6 Å². The third-order valence-corrected chi connectivity index (χ3v) is 6.44. The quantitative estimate of drug-likeness (QED) is 0.519. The van der Waals surface area contributed by atoms with Gasteiger partial charge in [-0.2, -0.15) is 0 Å². The molecule has 1 fully saturated rings. The van der Waals surface area contributed by atoms with Gasteiger partial charge in [0.25, 0.3) is 11.8 Å². The van der Waals surface area contributed by atoms with Gasteiger partial charge in [-0.15, -0.1) is 0 Å². The summed E-state index contributed by atoms with van der Waals surface area (Å²) >= 11 is 6.02. The normalized spacial score (nSPS) is 21.6. The Kier molecular flexibility index (Phi) is 5.59. The van der Waals surface area contributed by atoms with E-state index in [0.717, 1.165) is 23.4 Å². The van der Waals surface area contributed by atoms with Crippen LogP contribution in [0.15, 0.2) is 48.0 Å². The van der Waals surface area contributed by atoms with E-state index < -0.39 is 17.8 Å². The summed E-state index contributed by atoms with van der Waals surface area (Å²) in [6, 6.07) is 11.6. The molecule has 0 radical (unpaired) electrons. The molecule has 4 rings (SSSR count). The van der Waals surface area contributed by atoms with Crippen molar-refractivity contribution in [2.24, 2.45) is 0 Å². The Morgan fingerprint density at radius 1 is 1.16 bits per heavy atom. The summed E-state index contributed by atoms with van der Waals surface area (Å²) in [5.74, 6) is -1.05. The molecule has 7 heteroatoms. The Labute approximate surface area is 192 Å². The first-order chi connectivity index (χ1) is 15.1. The number of nitrogens with one attached hydrogen (secondary N) is 1. The fourth-order valence-corrected chi connectivity index (χ4v) is 5.06. The maximum absolute atomic E-state index is 13.1. The maximum Gasteiger partial charge on any atom is 0.335 e. The number of hydrogen-bond acceptors (Lipinski definition) is 4. The fraction of sp³-hybridized carbons (Fsp3) is 0.320. The largest absolute Gasteiger partial charge is 0.366 e. The molecule has 1 atom stereocenters. The summed E-state index contributed by atoms with van der Waals surface area (Å²) in [5.41, 5.74) is 3.36. The highest BCUT2D eigenvalue weighted by Crippen LogP contribution is 2.43. The Morgan fingerprint density at radius 3 is 2.59 bits per heavy atom. The number of carbonyl (C=O) groups excluding carboxylic acids is 3. The van der Waals surface area contributed by atoms with Gasteiger partial charge in [-0.3, -0.25) is 14.9 Å². The third-order valence-electron chi connectivity index (χ3n) is 6.21. The number of hydrogen-bond donors (Lipinski definition) is 1. The van der Waals surface area contributed by atoms with Crippen LogP contribution < -0.4 is 15.1 Å². The molecule has 0 bridgehead atoms. The number of rotatable bonds is 3. The summed E-state index contributed by atoms with van der Waals surface area (Å²) in [7, 11) is 0. The number of fused-ring (bicyclic) bond motifs is 1. The van der Waals surface area contributed by atoms with Crippen LogP contribution in [0.25, 0.3) is 6.08 Å². The van der Waals surface area contributed by atoms with E-state index in [1.165, 1.54) is 17.3 Å². The Morgan fingerprint density at radius 2 is 1.91 bits per heavy atom. The predicted octanol–water partition coefficient (Wildman–Crippen LogP) is 5.12. The van der Waals surface area contributed by atoms with E-state index in [-0.39, 0.29) is 11.1 Å². The van der Waals surface area contributed by atoms with E-state index in [1.54, 1.807) is 24.3 Å². The van der Waals surface area contributed by atoms with Crippen molar-refractivity contribution in [3.63, 3.8) is 0 Å². The fourth-order valence-electron chi connectivity index (χ4n) is 4.87. The molecule has 6 nitrogen and oxygen atoms in total. The van der Waals surface area contributed by atoms with Crippen molar-refractivity contribution in [1.29, 1.82) is 0 Å². The van der Waals surface area contributed by atoms with Crippen molar-refractivity contribution in [3.05, 3.63) is 64.2 Å². The molecule has 2 heterocycles. The van der Waals surface area contributed by atoms with Gasteiger partial charge < -0.3 is 4.90 Å². The average Bonchev–Trinajstić information content (AvgIpc) is 2.71. The van der Waals surface area contributed by atoms with Crippen molar-refractivity contribution in [3.8, 4) is 0 Å². The molecule has 2 aliphatic rings. The number of nitrogens with zero attached hydrogens (tertiary/aromatic N) is 2. The second kappa shape index (κ2) is 8.10. The highest BCUT2D eigenvalue weighted by atomic mass is 35.5. The van der Waals surface area contributed by atoms with Crippen molar-refractivity contribution < 1.29 is 14.4 Å². The molecular weight excluding hydrogens is 426 g/mol. The maximum atomic E-state index is 13.1. The van der Waals surface area contributed by atoms with Gasteiger partial charge in [0, 0.05) is 22.8 Å². The first-order valence-electron chi connectivity index (χ1n) is 10.7. The number of urea groups is 1. The van der Waals surface area contributed by atoms with Gasteiger partial charge in [-0.25, -0.2) is 9.69 Å². The molecule has 0 saturated carbocycles. The van der Waals surface area contributed by atoms with Crippen LogP contribution in [0.4, 0.5) is 16.2 Å². The van der Waals surface area contributed by atoms with Crippen molar-refractivity contribution >= 4 is 46.9 Å². The minimum atomic E-state index is -0.792. The molecule has 0 aliphatic carbocycles. The summed E-state index contributed by atoms with van der Waals surface area (Å²) in [5, 5.41) is 2.64. The number of barbiturate groups is 1. The first kappa shape index (κ1) is 22.1. The number of anilines is 2. The van der Waals surface area contributed by atoms with Gasteiger partial charge in [-0.1, -0.05) is 30.7 Å². The van der Waals surface area contributed by atoms with Gasteiger partial charge in [0.05, 0.1) is 5.69 Å². The van der Waals surface area contributed by atoms with E-state index in [4.69, 9.17) is 11.6 Å². The molecule has 1 saturated heterocycles. The number of carbonyl (C=O) groups is 3. The topological polar surface area (TPSA) is 69.7 Å². The van der Waals surface area contributed by atoms with Crippen LogP contribution in [0.5, 0.6) is 0 Å². The molecule has 0 unspecified atom stereocenters. The first-order valence-corrected chi connectivity index (χ1v) is 11.1. The van der Waals surface area contributed by atoms with Crippen molar-refractivity contribution in [2.45, 2.75) is 45.6 Å². The molecule has 0 spiro atoms. The number of benzene rings is 2. The summed E-state index contributed by atoms with van der Waals surface area (Å²) < 4.78 is 0. The van der Waals surface area contributed by atoms with Crippen molar-refractivity contribution in [2.75, 3.05) is 16.3 Å². The molecule has 2 aliphatic heterocycles. The standard InChI is InChI=1S/C25H26ClN3O3/c1-5-28-21-10-9-16(11-19(21)15(2)14-25(28,3)4)12-20-22(30)27-24(32)29(23(20)31)18-8-6-7-17(26)13-18/h6-13,15H,5,14H2,1-4H3,(H,27,30,32)/b20-12+/t15-/m0/s1. The summed E-state index contributed by atoms with van der Waals surface area (Å²) in [6.45, 7) is 9.73. The molecular formula is C25H26ClN3O3. The monoisotopic (exact) mass is 451 g/mol. The average molecular weight is 452 g/mol. The van der Waals surface area contributed by atoms with Crippen LogP contribution in [0.2, 0.25) is 5.02 Å². The molecule has 1 N–H and O–H groups in total. The number of halogens is 1. The van der Waals surface area contributed by atoms with Gasteiger partial charge in [0.15, 0.2) is 0 Å². The SMILES string of the molecule is CCN1c2ccc(/C=C3\C(=O)NC(=O)N(c4cccc(Cl)c4)C3=O)cc2[C@@H](C)CC1(C)C. The minimum Gasteiger partial charge on any atom is -0.366 e. The second-order valence-corrected chi connectivity index (χ2v) is 9.35. The van der Waals surface area contributed by atoms with Crippen LogP contribution in [-0.4, -0.2) is 29.9 Å². The summed E-state index contributed by atoms with van der Waals surface area (Å²) in [6.07, 6.45) is 2.55. The second-order valence-electron chi connectivity index (χ2n) is 8.92. The smallest absolute Gasteiger partial charge is 0.335 e. The lowest BCUT2D eigenvalue weighted by Crippen LogP contribution is -2.54. The van der Waals surface area contributed by atoms with E-state index in [9.17, 15) is 14.4 Å². The van der Waals surface area contributed by atoms with Gasteiger partial charge >= 0.3 is 6.03 Å². The van der Waals surface area contributed by atoms with Gasteiger partial charge in [-0.05, 0) is 80.6 Å². The zero-order valence-corrected chi connectivity index (χ0v) is 19.4. The van der Waals surface area contributed by atoms with Crippen LogP contribution in [0.1, 0.15) is 51.2 Å². The highest BCUT2D eigenvalue weighted by Gasteiger charge is 2.38. The Bertz CT molecular complexity index is 1150. The predicted molar refractivity (Wildman–Crippen MR) is 127 cm³/mol. The Balaban J connectivity index is 1.73. The van der Waals surface area contributed by atoms with Gasteiger partial charge in [0.2, 0.25) is 0 Å². The number of imide groups is 2. The minimum absolute atomic E-state index is 0.0538. The van der Waals surface area contributed by atoms with Crippen molar-refractivity contribution in [1.82, 2.24) is 5.32 Å².